The average molecular weight is 314 g/mol. The molecule has 0 aliphatic carbocycles. The highest BCUT2D eigenvalue weighted by molar-refractivity contribution is 7.13. The fourth-order valence-corrected chi connectivity index (χ4v) is 2.37. The lowest BCUT2D eigenvalue weighted by Gasteiger charge is -2.07. The lowest BCUT2D eigenvalue weighted by Crippen LogP contribution is -2.11. The minimum atomic E-state index is -4.47. The van der Waals surface area contributed by atoms with E-state index in [9.17, 15) is 13.2 Å². The highest BCUT2D eigenvalue weighted by Gasteiger charge is 2.34. The summed E-state index contributed by atoms with van der Waals surface area (Å²) in [5.74, 6) is 0.547. The second-order valence-electron chi connectivity index (χ2n) is 4.28. The summed E-state index contributed by atoms with van der Waals surface area (Å²) in [6, 6.07) is 3.99. The van der Waals surface area contributed by atoms with E-state index in [2.05, 4.69) is 15.3 Å². The molecule has 0 unspecified atom stereocenters. The van der Waals surface area contributed by atoms with E-state index in [4.69, 9.17) is 4.42 Å². The maximum Gasteiger partial charge on any atom is 0.435 e. The zero-order valence-electron chi connectivity index (χ0n) is 10.7. The molecule has 5 nitrogen and oxygen atoms in total. The van der Waals surface area contributed by atoms with Gasteiger partial charge in [-0.3, -0.25) is 4.68 Å². The van der Waals surface area contributed by atoms with Gasteiger partial charge in [-0.15, -0.1) is 21.5 Å². The van der Waals surface area contributed by atoms with E-state index in [-0.39, 0.29) is 5.89 Å². The topological polar surface area (TPSA) is 56.7 Å². The number of rotatable bonds is 3. The molecule has 0 saturated carbocycles. The quantitative estimate of drug-likeness (QED) is 0.741. The first-order chi connectivity index (χ1) is 9.95. The Hall–Kier alpha value is -2.16. The van der Waals surface area contributed by atoms with Crippen molar-refractivity contribution in [3.63, 3.8) is 0 Å². The van der Waals surface area contributed by atoms with E-state index in [0.717, 1.165) is 15.6 Å². The van der Waals surface area contributed by atoms with E-state index in [1.54, 1.807) is 6.92 Å². The summed E-state index contributed by atoms with van der Waals surface area (Å²) in [4.78, 5) is 0.803. The molecule has 0 aliphatic rings. The number of hydrogen-bond donors (Lipinski definition) is 0. The van der Waals surface area contributed by atoms with Gasteiger partial charge in [0.15, 0.2) is 5.69 Å². The van der Waals surface area contributed by atoms with Gasteiger partial charge in [0, 0.05) is 6.20 Å². The number of nitrogens with zero attached hydrogens (tertiary/aromatic N) is 4. The Morgan fingerprint density at radius 1 is 1.29 bits per heavy atom. The lowest BCUT2D eigenvalue weighted by atomic mass is 10.3. The Morgan fingerprint density at radius 2 is 2.10 bits per heavy atom. The monoisotopic (exact) mass is 314 g/mol. The molecule has 0 aromatic carbocycles. The summed E-state index contributed by atoms with van der Waals surface area (Å²) < 4.78 is 44.2. The van der Waals surface area contributed by atoms with E-state index < -0.39 is 17.9 Å². The van der Waals surface area contributed by atoms with Crippen molar-refractivity contribution in [2.75, 3.05) is 0 Å². The van der Waals surface area contributed by atoms with Crippen molar-refractivity contribution in [1.82, 2.24) is 20.0 Å². The molecule has 0 aliphatic heterocycles. The minimum absolute atomic E-state index is 0.204. The first-order valence-corrected chi connectivity index (χ1v) is 6.83. The van der Waals surface area contributed by atoms with Gasteiger partial charge in [0.25, 0.3) is 5.89 Å². The van der Waals surface area contributed by atoms with E-state index in [1.807, 2.05) is 17.5 Å². The van der Waals surface area contributed by atoms with Crippen molar-refractivity contribution in [3.8, 4) is 10.8 Å². The largest absolute Gasteiger partial charge is 0.435 e. The van der Waals surface area contributed by atoms with Gasteiger partial charge < -0.3 is 4.42 Å². The van der Waals surface area contributed by atoms with Crippen molar-refractivity contribution >= 4 is 11.3 Å². The van der Waals surface area contributed by atoms with Gasteiger partial charge in [0.1, 0.15) is 6.04 Å². The summed E-state index contributed by atoms with van der Waals surface area (Å²) in [6.07, 6.45) is -3.23. The molecule has 3 aromatic heterocycles. The number of hydrogen-bond acceptors (Lipinski definition) is 5. The Labute approximate surface area is 121 Å². The normalized spacial score (nSPS) is 13.5. The van der Waals surface area contributed by atoms with Crippen LogP contribution in [-0.2, 0) is 6.18 Å². The molecule has 9 heteroatoms. The van der Waals surface area contributed by atoms with Crippen LogP contribution in [0.5, 0.6) is 0 Å². The molecule has 0 N–H and O–H groups in total. The van der Waals surface area contributed by atoms with E-state index in [0.29, 0.717) is 5.89 Å². The zero-order valence-corrected chi connectivity index (χ0v) is 11.5. The third-order valence-corrected chi connectivity index (χ3v) is 3.68. The number of thiophene rings is 1. The molecule has 0 spiro atoms. The molecule has 3 rings (SSSR count). The fourth-order valence-electron chi connectivity index (χ4n) is 1.72. The van der Waals surface area contributed by atoms with Gasteiger partial charge >= 0.3 is 6.18 Å². The molecule has 21 heavy (non-hydrogen) atoms. The summed E-state index contributed by atoms with van der Waals surface area (Å²) in [7, 11) is 0. The third kappa shape index (κ3) is 2.68. The molecule has 0 saturated heterocycles. The van der Waals surface area contributed by atoms with Crippen LogP contribution in [0.4, 0.5) is 13.2 Å². The van der Waals surface area contributed by atoms with Crippen molar-refractivity contribution in [3.05, 3.63) is 41.4 Å². The van der Waals surface area contributed by atoms with Crippen LogP contribution in [0.25, 0.3) is 10.8 Å². The first-order valence-electron chi connectivity index (χ1n) is 5.95. The van der Waals surface area contributed by atoms with Crippen LogP contribution in [0, 0.1) is 0 Å². The van der Waals surface area contributed by atoms with Gasteiger partial charge in [-0.1, -0.05) is 6.07 Å². The highest BCUT2D eigenvalue weighted by atomic mass is 32.1. The highest BCUT2D eigenvalue weighted by Crippen LogP contribution is 2.29. The molecular formula is C12H9F3N4OS. The minimum Gasteiger partial charge on any atom is -0.418 e. The molecule has 3 heterocycles. The van der Waals surface area contributed by atoms with Crippen LogP contribution in [0.15, 0.2) is 34.2 Å². The summed E-state index contributed by atoms with van der Waals surface area (Å²) in [6.45, 7) is 1.64. The molecule has 0 radical (unpaired) electrons. The summed E-state index contributed by atoms with van der Waals surface area (Å²) in [5, 5.41) is 13.1. The molecule has 0 amide bonds. The molecule has 0 bridgehead atoms. The maximum atomic E-state index is 12.5. The lowest BCUT2D eigenvalue weighted by molar-refractivity contribution is -0.141. The number of aromatic nitrogens is 4. The van der Waals surface area contributed by atoms with Crippen LogP contribution >= 0.6 is 11.3 Å². The maximum absolute atomic E-state index is 12.5. The smallest absolute Gasteiger partial charge is 0.418 e. The van der Waals surface area contributed by atoms with Crippen molar-refractivity contribution in [2.45, 2.75) is 19.1 Å². The SMILES string of the molecule is C[C@H](c1nnc(-c2cccs2)o1)n1ccc(C(F)(F)F)n1. The first kappa shape index (κ1) is 13.8. The molecule has 0 fully saturated rings. The molecular weight excluding hydrogens is 305 g/mol. The summed E-state index contributed by atoms with van der Waals surface area (Å²) >= 11 is 1.44. The summed E-state index contributed by atoms with van der Waals surface area (Å²) in [5.41, 5.74) is -0.952. The zero-order chi connectivity index (χ0) is 15.0. The molecule has 1 atom stereocenters. The standard InChI is InChI=1S/C12H9F3N4OS/c1-7(19-5-4-9(18-19)12(13,14)15)10-16-17-11(20-10)8-3-2-6-21-8/h2-7H,1H3/t7-/m1/s1. The molecule has 3 aromatic rings. The fraction of sp³-hybridized carbons (Fsp3) is 0.250. The van der Waals surface area contributed by atoms with E-state index >= 15 is 0 Å². The van der Waals surface area contributed by atoms with Crippen LogP contribution in [0.1, 0.15) is 24.6 Å². The van der Waals surface area contributed by atoms with Crippen molar-refractivity contribution < 1.29 is 17.6 Å². The van der Waals surface area contributed by atoms with Crippen LogP contribution in [0.3, 0.4) is 0 Å². The Kier molecular flexibility index (Phi) is 3.28. The van der Waals surface area contributed by atoms with Gasteiger partial charge in [-0.25, -0.2) is 0 Å². The van der Waals surface area contributed by atoms with Crippen LogP contribution in [0.2, 0.25) is 0 Å². The van der Waals surface area contributed by atoms with Gasteiger partial charge in [0.2, 0.25) is 5.89 Å². The molecule has 110 valence electrons. The predicted octanol–water partition coefficient (Wildman–Crippen LogP) is 3.62. The Balaban J connectivity index is 1.85. The Morgan fingerprint density at radius 3 is 2.71 bits per heavy atom. The van der Waals surface area contributed by atoms with Gasteiger partial charge in [-0.05, 0) is 24.4 Å². The Bertz CT molecular complexity index is 732. The van der Waals surface area contributed by atoms with Crippen LogP contribution < -0.4 is 0 Å². The van der Waals surface area contributed by atoms with Crippen LogP contribution in [-0.4, -0.2) is 20.0 Å². The second-order valence-corrected chi connectivity index (χ2v) is 5.23. The van der Waals surface area contributed by atoms with Crippen molar-refractivity contribution in [1.29, 1.82) is 0 Å². The van der Waals surface area contributed by atoms with Gasteiger partial charge in [-0.2, -0.15) is 18.3 Å². The number of halogens is 3. The van der Waals surface area contributed by atoms with Gasteiger partial charge in [0.05, 0.1) is 4.88 Å². The number of alkyl halides is 3. The third-order valence-electron chi connectivity index (χ3n) is 2.83. The average Bonchev–Trinajstić information content (AvgIpc) is 3.17. The van der Waals surface area contributed by atoms with E-state index in [1.165, 1.54) is 17.5 Å². The van der Waals surface area contributed by atoms with Crippen molar-refractivity contribution in [2.24, 2.45) is 0 Å². The predicted molar refractivity (Wildman–Crippen MR) is 68.7 cm³/mol. The second kappa shape index (κ2) is 4.99.